The monoisotopic (exact) mass is 544 g/mol. The Balaban J connectivity index is 1.89. The lowest BCUT2D eigenvalue weighted by molar-refractivity contribution is -0.130. The molecule has 0 aromatic heterocycles. The van der Waals surface area contributed by atoms with Crippen molar-refractivity contribution in [3.8, 4) is 40.9 Å². The molecule has 6 nitrogen and oxygen atoms in total. The number of benzene rings is 3. The maximum absolute atomic E-state index is 12.3. The number of ether oxygens (including phenoxy) is 3. The van der Waals surface area contributed by atoms with Gasteiger partial charge in [-0.2, -0.15) is 0 Å². The Labute approximate surface area is 240 Å². The van der Waals surface area contributed by atoms with Crippen molar-refractivity contribution >= 4 is 17.9 Å². The lowest BCUT2D eigenvalue weighted by Gasteiger charge is -2.09. The molecule has 0 saturated carbocycles. The Morgan fingerprint density at radius 1 is 0.561 bits per heavy atom. The zero-order valence-corrected chi connectivity index (χ0v) is 23.3. The molecule has 3 aromatic rings. The average Bonchev–Trinajstić information content (AvgIpc) is 2.93. The van der Waals surface area contributed by atoms with Crippen molar-refractivity contribution in [1.29, 1.82) is 0 Å². The molecule has 204 valence electrons. The normalized spacial score (nSPS) is 9.66. The van der Waals surface area contributed by atoms with Gasteiger partial charge in [-0.05, 0) is 93.9 Å². The van der Waals surface area contributed by atoms with Crippen LogP contribution in [0.5, 0.6) is 17.2 Å². The van der Waals surface area contributed by atoms with Gasteiger partial charge in [0.2, 0.25) is 0 Å². The van der Waals surface area contributed by atoms with Crippen LogP contribution < -0.4 is 14.2 Å². The second-order valence-corrected chi connectivity index (χ2v) is 9.22. The smallest absolute Gasteiger partial charge is 0.338 e. The molecule has 0 amide bonds. The molecule has 0 heterocycles. The van der Waals surface area contributed by atoms with Gasteiger partial charge in [-0.1, -0.05) is 43.4 Å². The molecular weight excluding hydrogens is 516 g/mol. The van der Waals surface area contributed by atoms with E-state index in [-0.39, 0.29) is 11.3 Å². The number of carbonyl (C=O) groups is 3. The van der Waals surface area contributed by atoms with Crippen LogP contribution in [-0.4, -0.2) is 17.9 Å². The third-order valence-corrected chi connectivity index (χ3v) is 5.39. The number of esters is 3. The van der Waals surface area contributed by atoms with E-state index in [1.165, 1.54) is 0 Å². The first-order chi connectivity index (χ1) is 19.4. The van der Waals surface area contributed by atoms with E-state index in [2.05, 4.69) is 43.4 Å². The minimum atomic E-state index is -0.584. The van der Waals surface area contributed by atoms with Crippen LogP contribution in [0.2, 0.25) is 0 Å². The van der Waals surface area contributed by atoms with Crippen LogP contribution in [0, 0.1) is 30.6 Å². The highest BCUT2D eigenvalue weighted by Gasteiger charge is 2.12. The highest BCUT2D eigenvalue weighted by atomic mass is 16.5. The molecule has 0 radical (unpaired) electrons. The van der Waals surface area contributed by atoms with Gasteiger partial charge < -0.3 is 14.2 Å². The summed E-state index contributed by atoms with van der Waals surface area (Å²) in [6.45, 7) is 17.4. The van der Waals surface area contributed by atoms with Gasteiger partial charge >= 0.3 is 17.9 Å². The standard InChI is InChI=1S/C35H28O6/c1-22(2)33(36)39-30-16-10-26(11-17-30)8-14-28-21-32(41-35(38)24(5)6)29(20-25(28)7)15-9-27-12-18-31(19-13-27)40-34(37)23(3)4/h10-13,16-21H,1,3,5H2,2,4,6-7H3. The summed E-state index contributed by atoms with van der Waals surface area (Å²) in [5.41, 5.74) is 4.16. The first kappa shape index (κ1) is 30.0. The van der Waals surface area contributed by atoms with Crippen molar-refractivity contribution in [2.75, 3.05) is 0 Å². The number of hydrogen-bond acceptors (Lipinski definition) is 6. The Hall–Kier alpha value is -5.59. The largest absolute Gasteiger partial charge is 0.423 e. The predicted molar refractivity (Wildman–Crippen MR) is 157 cm³/mol. The van der Waals surface area contributed by atoms with Gasteiger partial charge in [-0.3, -0.25) is 0 Å². The lowest BCUT2D eigenvalue weighted by atomic mass is 10.0. The first-order valence-electron chi connectivity index (χ1n) is 12.4. The predicted octanol–water partition coefficient (Wildman–Crippen LogP) is 6.24. The number of rotatable bonds is 6. The van der Waals surface area contributed by atoms with E-state index in [4.69, 9.17) is 14.2 Å². The summed E-state index contributed by atoms with van der Waals surface area (Å²) >= 11 is 0. The first-order valence-corrected chi connectivity index (χ1v) is 12.4. The van der Waals surface area contributed by atoms with E-state index in [0.29, 0.717) is 44.9 Å². The SMILES string of the molecule is C=C(C)C(=O)Oc1ccc(C#Cc2cc(OC(=O)C(=C)C)c(C#Cc3ccc(OC(=O)C(=C)C)cc3)cc2C)cc1. The van der Waals surface area contributed by atoms with E-state index in [1.54, 1.807) is 81.4 Å². The average molecular weight is 545 g/mol. The molecule has 0 aliphatic rings. The van der Waals surface area contributed by atoms with E-state index in [1.807, 2.05) is 6.92 Å². The third-order valence-electron chi connectivity index (χ3n) is 5.39. The van der Waals surface area contributed by atoms with Crippen LogP contribution in [0.25, 0.3) is 0 Å². The lowest BCUT2D eigenvalue weighted by Crippen LogP contribution is -2.09. The summed E-state index contributed by atoms with van der Waals surface area (Å²) in [6, 6.07) is 16.9. The Morgan fingerprint density at radius 3 is 1.37 bits per heavy atom. The molecule has 3 aromatic carbocycles. The molecular formula is C35H28O6. The molecule has 0 saturated heterocycles. The van der Waals surface area contributed by atoms with Gasteiger partial charge in [0.25, 0.3) is 0 Å². The van der Waals surface area contributed by atoms with Gasteiger partial charge in [0, 0.05) is 33.4 Å². The second-order valence-electron chi connectivity index (χ2n) is 9.22. The van der Waals surface area contributed by atoms with Crippen LogP contribution in [0.4, 0.5) is 0 Å². The molecule has 0 N–H and O–H groups in total. The van der Waals surface area contributed by atoms with Gasteiger partial charge in [0.05, 0.1) is 5.56 Å². The van der Waals surface area contributed by atoms with E-state index < -0.39 is 17.9 Å². The number of carbonyl (C=O) groups excluding carboxylic acids is 3. The van der Waals surface area contributed by atoms with Crippen molar-refractivity contribution in [2.45, 2.75) is 27.7 Å². The fourth-order valence-corrected chi connectivity index (χ4v) is 3.07. The van der Waals surface area contributed by atoms with Crippen molar-refractivity contribution < 1.29 is 28.6 Å². The molecule has 6 heteroatoms. The Kier molecular flexibility index (Phi) is 9.84. The van der Waals surface area contributed by atoms with Crippen molar-refractivity contribution in [1.82, 2.24) is 0 Å². The minimum absolute atomic E-state index is 0.240. The zero-order valence-electron chi connectivity index (χ0n) is 23.3. The summed E-state index contributed by atoms with van der Waals surface area (Å²) in [4.78, 5) is 35.8. The van der Waals surface area contributed by atoms with Crippen LogP contribution in [0.1, 0.15) is 48.6 Å². The number of hydrogen-bond donors (Lipinski definition) is 0. The van der Waals surface area contributed by atoms with E-state index in [0.717, 1.165) is 5.56 Å². The Bertz CT molecular complexity index is 1680. The summed E-state index contributed by atoms with van der Waals surface area (Å²) in [5.74, 6) is 11.7. The van der Waals surface area contributed by atoms with Gasteiger partial charge in [0.1, 0.15) is 17.2 Å². The molecule has 0 aliphatic heterocycles. The number of aryl methyl sites for hydroxylation is 1. The molecule has 0 fully saturated rings. The zero-order chi connectivity index (χ0) is 30.1. The van der Waals surface area contributed by atoms with Gasteiger partial charge in [0.15, 0.2) is 0 Å². The maximum Gasteiger partial charge on any atom is 0.338 e. The third kappa shape index (κ3) is 8.71. The van der Waals surface area contributed by atoms with Crippen LogP contribution in [-0.2, 0) is 14.4 Å². The maximum atomic E-state index is 12.3. The van der Waals surface area contributed by atoms with Crippen LogP contribution >= 0.6 is 0 Å². The van der Waals surface area contributed by atoms with Crippen molar-refractivity contribution in [2.24, 2.45) is 0 Å². The van der Waals surface area contributed by atoms with E-state index >= 15 is 0 Å². The fraction of sp³-hybridized carbons (Fsp3) is 0.114. The molecule has 0 aliphatic carbocycles. The topological polar surface area (TPSA) is 78.9 Å². The Morgan fingerprint density at radius 2 is 0.951 bits per heavy atom. The molecule has 0 atom stereocenters. The molecule has 0 bridgehead atoms. The molecule has 41 heavy (non-hydrogen) atoms. The highest BCUT2D eigenvalue weighted by Crippen LogP contribution is 2.24. The molecule has 0 unspecified atom stereocenters. The summed E-state index contributed by atoms with van der Waals surface area (Å²) in [7, 11) is 0. The fourth-order valence-electron chi connectivity index (χ4n) is 3.07. The quantitative estimate of drug-likeness (QED) is 0.158. The summed E-state index contributed by atoms with van der Waals surface area (Å²) in [6.07, 6.45) is 0. The van der Waals surface area contributed by atoms with Crippen molar-refractivity contribution in [3.63, 3.8) is 0 Å². The van der Waals surface area contributed by atoms with Gasteiger partial charge in [-0.15, -0.1) is 0 Å². The van der Waals surface area contributed by atoms with Crippen LogP contribution in [0.3, 0.4) is 0 Å². The summed E-state index contributed by atoms with van der Waals surface area (Å²) in [5, 5.41) is 0. The minimum Gasteiger partial charge on any atom is -0.423 e. The molecule has 0 spiro atoms. The molecule has 3 rings (SSSR count). The van der Waals surface area contributed by atoms with E-state index in [9.17, 15) is 14.4 Å². The highest BCUT2D eigenvalue weighted by molar-refractivity contribution is 5.90. The van der Waals surface area contributed by atoms with Crippen molar-refractivity contribution in [3.05, 3.63) is 125 Å². The van der Waals surface area contributed by atoms with Crippen LogP contribution in [0.15, 0.2) is 97.1 Å². The second kappa shape index (κ2) is 13.5. The summed E-state index contributed by atoms with van der Waals surface area (Å²) < 4.78 is 16.0. The van der Waals surface area contributed by atoms with Gasteiger partial charge in [-0.25, -0.2) is 14.4 Å².